The van der Waals surface area contributed by atoms with Gasteiger partial charge in [0.2, 0.25) is 0 Å². The molecule has 6 aromatic carbocycles. The molecule has 0 nitrogen and oxygen atoms in total. The van der Waals surface area contributed by atoms with Gasteiger partial charge in [0.15, 0.2) is 0 Å². The molecule has 0 aromatic heterocycles. The van der Waals surface area contributed by atoms with Gasteiger partial charge in [0.25, 0.3) is 0 Å². The Labute approximate surface area is 389 Å². The van der Waals surface area contributed by atoms with Crippen LogP contribution < -0.4 is 0 Å². The van der Waals surface area contributed by atoms with Gasteiger partial charge in [-0.15, -0.1) is 13.2 Å². The molecule has 64 heavy (non-hydrogen) atoms. The number of aryl methyl sites for hydroxylation is 14. The first kappa shape index (κ1) is 47.3. The summed E-state index contributed by atoms with van der Waals surface area (Å²) < 4.78 is 0. The Bertz CT molecular complexity index is 2310. The summed E-state index contributed by atoms with van der Waals surface area (Å²) in [6.45, 7) is 16.7. The van der Waals surface area contributed by atoms with Crippen LogP contribution in [0.2, 0.25) is 0 Å². The molecule has 0 amide bonds. The van der Waals surface area contributed by atoms with Gasteiger partial charge in [-0.1, -0.05) is 145 Å². The van der Waals surface area contributed by atoms with E-state index in [9.17, 15) is 0 Å². The van der Waals surface area contributed by atoms with Crippen molar-refractivity contribution in [3.05, 3.63) is 188 Å². The second kappa shape index (κ2) is 24.0. The molecule has 0 heteroatoms. The average Bonchev–Trinajstić information content (AvgIpc) is 3.25. The maximum Gasteiger partial charge on any atom is -0.0146 e. The van der Waals surface area contributed by atoms with E-state index < -0.39 is 0 Å². The summed E-state index contributed by atoms with van der Waals surface area (Å²) in [5.74, 6) is 0. The van der Waals surface area contributed by atoms with E-state index in [1.54, 1.807) is 44.5 Å². The molecular weight excluding hydrogens is 769 g/mol. The van der Waals surface area contributed by atoms with Crippen LogP contribution in [0.3, 0.4) is 0 Å². The average molecular weight is 849 g/mol. The SMILES string of the molecule is C=CCCCCc1cc(C)cc2c(CCCCC=C)cc(C)cc12.Cc1cc(CCCCCCc2ccc3c(c2)CC3)c2cc(C)cc(CCCCCCc3ccc4c(c3)CC4)c2c1. The monoisotopic (exact) mass is 849 g/mol. The van der Waals surface area contributed by atoms with Crippen molar-refractivity contribution < 1.29 is 0 Å². The first-order valence-electron chi connectivity index (χ1n) is 25.8. The van der Waals surface area contributed by atoms with Gasteiger partial charge in [0.1, 0.15) is 0 Å². The number of fused-ring (bicyclic) bond motifs is 4. The minimum absolute atomic E-state index is 1.12. The fraction of sp³-hybridized carbons (Fsp3) is 0.438. The van der Waals surface area contributed by atoms with Gasteiger partial charge in [-0.3, -0.25) is 0 Å². The largest absolute Gasteiger partial charge is 0.103 e. The zero-order valence-corrected chi connectivity index (χ0v) is 40.6. The standard InChI is InChI=1S/C40H48.C24H32/c1-29-23-37(13-9-5-3-7-11-31-15-17-33-19-21-35(33)27-31)40-26-30(2)24-38(39(40)25-29)14-10-6-4-8-12-32-16-18-34-20-22-36(34)28-32;1-5-7-9-11-13-21-15-19(3)18-24-22(14-12-10-8-6-2)16-20(4)17-23(21)24/h15-18,23-28H,3-14,19-22H2,1-2H3;5-6,15-18H,1-2,7-14H2,3-4H3. The fourth-order valence-corrected chi connectivity index (χ4v) is 10.7. The summed E-state index contributed by atoms with van der Waals surface area (Å²) in [5.41, 5.74) is 21.3. The predicted molar refractivity (Wildman–Crippen MR) is 282 cm³/mol. The Balaban J connectivity index is 0.000000219. The van der Waals surface area contributed by atoms with Crippen molar-refractivity contribution >= 4 is 21.5 Å². The first-order chi connectivity index (χ1) is 31.3. The molecule has 0 unspecified atom stereocenters. The summed E-state index contributed by atoms with van der Waals surface area (Å²) >= 11 is 0. The lowest BCUT2D eigenvalue weighted by molar-refractivity contribution is 0.639. The minimum atomic E-state index is 1.12. The molecule has 2 aliphatic rings. The van der Waals surface area contributed by atoms with Gasteiger partial charge in [-0.25, -0.2) is 0 Å². The molecule has 0 bridgehead atoms. The summed E-state index contributed by atoms with van der Waals surface area (Å²) in [4.78, 5) is 0. The molecule has 0 radical (unpaired) electrons. The Morgan fingerprint density at radius 3 is 0.906 bits per heavy atom. The molecule has 6 aromatic rings. The predicted octanol–water partition coefficient (Wildman–Crippen LogP) is 17.6. The van der Waals surface area contributed by atoms with Crippen LogP contribution in [0.15, 0.2) is 110 Å². The lowest BCUT2D eigenvalue weighted by Crippen LogP contribution is -2.08. The fourth-order valence-electron chi connectivity index (χ4n) is 10.7. The van der Waals surface area contributed by atoms with E-state index in [4.69, 9.17) is 0 Å². The lowest BCUT2D eigenvalue weighted by atomic mass is 9.86. The van der Waals surface area contributed by atoms with Gasteiger partial charge in [-0.2, -0.15) is 0 Å². The van der Waals surface area contributed by atoms with E-state index in [2.05, 4.69) is 126 Å². The first-order valence-corrected chi connectivity index (χ1v) is 25.8. The molecule has 0 atom stereocenters. The molecule has 336 valence electrons. The van der Waals surface area contributed by atoms with Gasteiger partial charge < -0.3 is 0 Å². The Morgan fingerprint density at radius 2 is 0.625 bits per heavy atom. The third kappa shape index (κ3) is 13.2. The number of allylic oxidation sites excluding steroid dienone is 2. The topological polar surface area (TPSA) is 0 Å². The molecule has 0 saturated heterocycles. The van der Waals surface area contributed by atoms with Crippen molar-refractivity contribution in [2.45, 2.75) is 182 Å². The zero-order chi connectivity index (χ0) is 44.7. The highest BCUT2D eigenvalue weighted by Crippen LogP contribution is 2.31. The second-order valence-electron chi connectivity index (χ2n) is 20.0. The zero-order valence-electron chi connectivity index (χ0n) is 40.6. The van der Waals surface area contributed by atoms with Crippen LogP contribution >= 0.6 is 0 Å². The van der Waals surface area contributed by atoms with Crippen molar-refractivity contribution in [2.24, 2.45) is 0 Å². The number of benzene rings is 6. The number of unbranched alkanes of at least 4 members (excludes halogenated alkanes) is 10. The normalized spacial score (nSPS) is 12.6. The van der Waals surface area contributed by atoms with Crippen molar-refractivity contribution in [3.63, 3.8) is 0 Å². The van der Waals surface area contributed by atoms with Crippen molar-refractivity contribution in [2.75, 3.05) is 0 Å². The smallest absolute Gasteiger partial charge is 0.0146 e. The second-order valence-corrected chi connectivity index (χ2v) is 20.0. The van der Waals surface area contributed by atoms with Crippen LogP contribution in [0.1, 0.15) is 168 Å². The third-order valence-corrected chi connectivity index (χ3v) is 14.5. The number of hydrogen-bond acceptors (Lipinski definition) is 0. The maximum absolute atomic E-state index is 3.83. The summed E-state index contributed by atoms with van der Waals surface area (Å²) in [6.07, 6.45) is 34.3. The molecule has 0 N–H and O–H groups in total. The lowest BCUT2D eigenvalue weighted by Gasteiger charge is -2.19. The summed E-state index contributed by atoms with van der Waals surface area (Å²) in [6, 6.07) is 33.7. The molecule has 0 saturated carbocycles. The van der Waals surface area contributed by atoms with Gasteiger partial charge in [0.05, 0.1) is 0 Å². The quantitative estimate of drug-likeness (QED) is 0.0420. The van der Waals surface area contributed by atoms with E-state index in [0.29, 0.717) is 0 Å². The van der Waals surface area contributed by atoms with E-state index >= 15 is 0 Å². The van der Waals surface area contributed by atoms with E-state index in [1.807, 2.05) is 12.2 Å². The molecule has 8 rings (SSSR count). The van der Waals surface area contributed by atoms with Gasteiger partial charge in [0, 0.05) is 0 Å². The van der Waals surface area contributed by atoms with E-state index in [0.717, 1.165) is 12.8 Å². The molecule has 2 aliphatic carbocycles. The van der Waals surface area contributed by atoms with Crippen LogP contribution in [0.25, 0.3) is 21.5 Å². The summed E-state index contributed by atoms with van der Waals surface area (Å²) in [7, 11) is 0. The van der Waals surface area contributed by atoms with Crippen molar-refractivity contribution in [1.29, 1.82) is 0 Å². The highest BCUT2D eigenvalue weighted by molar-refractivity contribution is 5.91. The van der Waals surface area contributed by atoms with Crippen molar-refractivity contribution in [3.8, 4) is 0 Å². The van der Waals surface area contributed by atoms with Gasteiger partial charge in [-0.05, 0) is 233 Å². The van der Waals surface area contributed by atoms with Gasteiger partial charge >= 0.3 is 0 Å². The Hall–Kier alpha value is -4.68. The third-order valence-electron chi connectivity index (χ3n) is 14.5. The van der Waals surface area contributed by atoms with Crippen LogP contribution in [0.4, 0.5) is 0 Å². The molecular formula is C64H80. The van der Waals surface area contributed by atoms with E-state index in [-0.39, 0.29) is 0 Å². The molecule has 0 aliphatic heterocycles. The van der Waals surface area contributed by atoms with Crippen molar-refractivity contribution in [1.82, 2.24) is 0 Å². The highest BCUT2D eigenvalue weighted by Gasteiger charge is 2.15. The molecule has 0 fully saturated rings. The van der Waals surface area contributed by atoms with Crippen LogP contribution in [-0.4, -0.2) is 0 Å². The molecule has 0 spiro atoms. The maximum atomic E-state index is 3.83. The number of hydrogen-bond donors (Lipinski definition) is 0. The highest BCUT2D eigenvalue weighted by atomic mass is 14.2. The molecule has 0 heterocycles. The summed E-state index contributed by atoms with van der Waals surface area (Å²) in [5, 5.41) is 5.97. The van der Waals surface area contributed by atoms with Crippen LogP contribution in [0, 0.1) is 27.7 Å². The van der Waals surface area contributed by atoms with E-state index in [1.165, 1.54) is 196 Å². The Kier molecular flexibility index (Phi) is 17.7. The minimum Gasteiger partial charge on any atom is -0.103 e. The van der Waals surface area contributed by atoms with Crippen LogP contribution in [0.5, 0.6) is 0 Å². The number of rotatable bonds is 24. The Morgan fingerprint density at radius 1 is 0.328 bits per heavy atom. The van der Waals surface area contributed by atoms with Crippen LogP contribution in [-0.2, 0) is 64.2 Å².